The van der Waals surface area contributed by atoms with Gasteiger partial charge in [0.2, 0.25) is 0 Å². The van der Waals surface area contributed by atoms with Crippen LogP contribution >= 0.6 is 31.9 Å². The van der Waals surface area contributed by atoms with Crippen LogP contribution in [0.1, 0.15) is 0 Å². The lowest BCUT2D eigenvalue weighted by Crippen LogP contribution is -1.85. The maximum Gasteiger partial charge on any atom is 0.138 e. The quantitative estimate of drug-likeness (QED) is 0.676. The van der Waals surface area contributed by atoms with Gasteiger partial charge in [0.1, 0.15) is 10.3 Å². The fourth-order valence-corrected chi connectivity index (χ4v) is 2.20. The van der Waals surface area contributed by atoms with E-state index in [0.717, 1.165) is 14.9 Å². The highest BCUT2D eigenvalue weighted by Gasteiger charge is 2.00. The van der Waals surface area contributed by atoms with Crippen molar-refractivity contribution in [2.75, 3.05) is 0 Å². The Morgan fingerprint density at radius 1 is 1.18 bits per heavy atom. The lowest BCUT2D eigenvalue weighted by Gasteiger charge is -1.96. The molecular weight excluding hydrogens is 272 g/mol. The van der Waals surface area contributed by atoms with Crippen molar-refractivity contribution in [3.8, 4) is 0 Å². The molecule has 2 aromatic rings. The molecule has 0 atom stereocenters. The van der Waals surface area contributed by atoms with Gasteiger partial charge in [-0.3, -0.25) is 4.40 Å². The van der Waals surface area contributed by atoms with E-state index in [1.54, 1.807) is 6.20 Å². The zero-order valence-corrected chi connectivity index (χ0v) is 8.63. The van der Waals surface area contributed by atoms with Crippen LogP contribution in [0.3, 0.4) is 0 Å². The summed E-state index contributed by atoms with van der Waals surface area (Å²) in [5.74, 6) is 0. The van der Waals surface area contributed by atoms with Crippen molar-refractivity contribution in [3.63, 3.8) is 0 Å². The summed E-state index contributed by atoms with van der Waals surface area (Å²) in [4.78, 5) is 4.17. The Morgan fingerprint density at radius 2 is 2.00 bits per heavy atom. The normalized spacial score (nSPS) is 10.7. The Morgan fingerprint density at radius 3 is 2.73 bits per heavy atom. The minimum Gasteiger partial charge on any atom is -0.281 e. The molecule has 0 saturated carbocycles. The van der Waals surface area contributed by atoms with Crippen LogP contribution in [0.5, 0.6) is 0 Å². The summed E-state index contributed by atoms with van der Waals surface area (Å²) in [6, 6.07) is 5.88. The van der Waals surface area contributed by atoms with Crippen LogP contribution in [0.4, 0.5) is 0 Å². The standard InChI is InChI=1S/C7H4Br2N2/c8-5-2-1-3-7-10-4-6(9)11(5)7/h1-4H. The first kappa shape index (κ1) is 7.31. The molecule has 2 nitrogen and oxygen atoms in total. The van der Waals surface area contributed by atoms with Crippen LogP contribution in [0.2, 0.25) is 0 Å². The lowest BCUT2D eigenvalue weighted by atomic mass is 10.5. The van der Waals surface area contributed by atoms with Crippen molar-refractivity contribution in [2.24, 2.45) is 0 Å². The van der Waals surface area contributed by atoms with Gasteiger partial charge in [0, 0.05) is 0 Å². The number of rotatable bonds is 0. The van der Waals surface area contributed by atoms with E-state index in [2.05, 4.69) is 36.8 Å². The number of aromatic nitrogens is 2. The van der Waals surface area contributed by atoms with Crippen LogP contribution in [-0.2, 0) is 0 Å². The maximum absolute atomic E-state index is 4.17. The third kappa shape index (κ3) is 1.10. The third-order valence-corrected chi connectivity index (χ3v) is 2.62. The molecule has 0 aliphatic rings. The molecule has 0 aliphatic heterocycles. The highest BCUT2D eigenvalue weighted by Crippen LogP contribution is 2.19. The van der Waals surface area contributed by atoms with Gasteiger partial charge in [-0.1, -0.05) is 6.07 Å². The summed E-state index contributed by atoms with van der Waals surface area (Å²) in [5.41, 5.74) is 0.936. The van der Waals surface area contributed by atoms with E-state index < -0.39 is 0 Å². The van der Waals surface area contributed by atoms with Crippen molar-refractivity contribution in [2.45, 2.75) is 0 Å². The van der Waals surface area contributed by atoms with E-state index in [4.69, 9.17) is 0 Å². The molecule has 0 radical (unpaired) electrons. The number of nitrogens with zero attached hydrogens (tertiary/aromatic N) is 2. The summed E-state index contributed by atoms with van der Waals surface area (Å²) >= 11 is 6.81. The van der Waals surface area contributed by atoms with E-state index in [0.29, 0.717) is 0 Å². The van der Waals surface area contributed by atoms with Crippen LogP contribution < -0.4 is 0 Å². The monoisotopic (exact) mass is 274 g/mol. The molecule has 56 valence electrons. The Kier molecular flexibility index (Phi) is 1.73. The number of pyridine rings is 1. The van der Waals surface area contributed by atoms with Crippen molar-refractivity contribution in [1.29, 1.82) is 0 Å². The minimum atomic E-state index is 0.936. The fourth-order valence-electron chi connectivity index (χ4n) is 0.961. The molecule has 0 saturated heterocycles. The van der Waals surface area contributed by atoms with Crippen molar-refractivity contribution in [1.82, 2.24) is 9.38 Å². The molecule has 0 N–H and O–H groups in total. The SMILES string of the molecule is Brc1cccc2ncc(Br)n12. The Bertz CT molecular complexity index is 394. The van der Waals surface area contributed by atoms with Gasteiger partial charge >= 0.3 is 0 Å². The predicted molar refractivity (Wildman–Crippen MR) is 50.6 cm³/mol. The highest BCUT2D eigenvalue weighted by molar-refractivity contribution is 9.11. The molecule has 0 aromatic carbocycles. The number of hydrogen-bond acceptors (Lipinski definition) is 1. The molecular formula is C7H4Br2N2. The van der Waals surface area contributed by atoms with Crippen molar-refractivity contribution < 1.29 is 0 Å². The Hall–Kier alpha value is -0.350. The molecule has 0 amide bonds. The lowest BCUT2D eigenvalue weighted by molar-refractivity contribution is 1.11. The second-order valence-electron chi connectivity index (χ2n) is 2.12. The third-order valence-electron chi connectivity index (χ3n) is 1.44. The first-order valence-electron chi connectivity index (χ1n) is 3.06. The Balaban J connectivity index is 2.96. The number of fused-ring (bicyclic) bond motifs is 1. The van der Waals surface area contributed by atoms with E-state index in [1.165, 1.54) is 0 Å². The summed E-state index contributed by atoms with van der Waals surface area (Å²) in [6.07, 6.45) is 1.78. The van der Waals surface area contributed by atoms with Gasteiger partial charge < -0.3 is 0 Å². The molecule has 11 heavy (non-hydrogen) atoms. The highest BCUT2D eigenvalue weighted by atomic mass is 79.9. The van der Waals surface area contributed by atoms with Crippen molar-refractivity contribution in [3.05, 3.63) is 33.6 Å². The minimum absolute atomic E-state index is 0.936. The first-order valence-corrected chi connectivity index (χ1v) is 4.65. The average molecular weight is 276 g/mol. The van der Waals surface area contributed by atoms with Crippen LogP contribution in [0, 0.1) is 0 Å². The van der Waals surface area contributed by atoms with E-state index in [1.807, 2.05) is 22.6 Å². The molecule has 2 rings (SSSR count). The van der Waals surface area contributed by atoms with Gasteiger partial charge in [-0.05, 0) is 44.0 Å². The second kappa shape index (κ2) is 2.60. The van der Waals surface area contributed by atoms with Gasteiger partial charge in [-0.2, -0.15) is 0 Å². The zero-order valence-electron chi connectivity index (χ0n) is 5.46. The van der Waals surface area contributed by atoms with E-state index in [9.17, 15) is 0 Å². The smallest absolute Gasteiger partial charge is 0.138 e. The van der Waals surface area contributed by atoms with Gasteiger partial charge in [0.05, 0.1) is 10.8 Å². The second-order valence-corrected chi connectivity index (χ2v) is 3.75. The Labute approximate surface area is 80.5 Å². The molecule has 0 bridgehead atoms. The summed E-state index contributed by atoms with van der Waals surface area (Å²) in [5, 5.41) is 0. The molecule has 0 unspecified atom stereocenters. The van der Waals surface area contributed by atoms with Crippen LogP contribution in [0.15, 0.2) is 33.6 Å². The molecule has 0 aliphatic carbocycles. The molecule has 0 fully saturated rings. The van der Waals surface area contributed by atoms with Gasteiger partial charge in [0.15, 0.2) is 0 Å². The summed E-state index contributed by atoms with van der Waals surface area (Å²) in [7, 11) is 0. The van der Waals surface area contributed by atoms with E-state index >= 15 is 0 Å². The van der Waals surface area contributed by atoms with Crippen LogP contribution in [-0.4, -0.2) is 9.38 Å². The number of halogens is 2. The summed E-state index contributed by atoms with van der Waals surface area (Å²) < 4.78 is 3.93. The number of hydrogen-bond donors (Lipinski definition) is 0. The molecule has 0 spiro atoms. The predicted octanol–water partition coefficient (Wildman–Crippen LogP) is 2.86. The van der Waals surface area contributed by atoms with Gasteiger partial charge in [0.25, 0.3) is 0 Å². The molecule has 2 heterocycles. The van der Waals surface area contributed by atoms with E-state index in [-0.39, 0.29) is 0 Å². The average Bonchev–Trinajstić information content (AvgIpc) is 2.34. The molecule has 2 aromatic heterocycles. The first-order chi connectivity index (χ1) is 5.29. The van der Waals surface area contributed by atoms with Gasteiger partial charge in [-0.25, -0.2) is 4.98 Å². The largest absolute Gasteiger partial charge is 0.281 e. The topological polar surface area (TPSA) is 17.3 Å². The number of imidazole rings is 1. The molecule has 4 heteroatoms. The fraction of sp³-hybridized carbons (Fsp3) is 0. The van der Waals surface area contributed by atoms with Crippen LogP contribution in [0.25, 0.3) is 5.65 Å². The zero-order chi connectivity index (χ0) is 7.84. The van der Waals surface area contributed by atoms with Gasteiger partial charge in [-0.15, -0.1) is 0 Å². The van der Waals surface area contributed by atoms with Crippen molar-refractivity contribution >= 4 is 37.5 Å². The summed E-state index contributed by atoms with van der Waals surface area (Å²) in [6.45, 7) is 0. The maximum atomic E-state index is 4.17.